The van der Waals surface area contributed by atoms with Crippen LogP contribution in [0.15, 0.2) is 29.3 Å². The van der Waals surface area contributed by atoms with E-state index in [2.05, 4.69) is 4.99 Å². The van der Waals surface area contributed by atoms with Gasteiger partial charge in [0.1, 0.15) is 12.4 Å². The number of carbonyl (C=O) groups is 1. The van der Waals surface area contributed by atoms with Crippen molar-refractivity contribution in [3.63, 3.8) is 0 Å². The molecule has 0 saturated carbocycles. The zero-order valence-electron chi connectivity index (χ0n) is 9.18. The fourth-order valence-electron chi connectivity index (χ4n) is 1.88. The highest BCUT2D eigenvalue weighted by molar-refractivity contribution is 6.02. The van der Waals surface area contributed by atoms with E-state index in [0.29, 0.717) is 13.1 Å². The number of rotatable bonds is 3. The van der Waals surface area contributed by atoms with Gasteiger partial charge in [-0.25, -0.2) is 0 Å². The predicted octanol–water partition coefficient (Wildman–Crippen LogP) is 1.14. The molecule has 0 atom stereocenters. The number of benzene rings is 1. The summed E-state index contributed by atoms with van der Waals surface area (Å²) >= 11 is 0. The van der Waals surface area contributed by atoms with E-state index in [1.54, 1.807) is 0 Å². The smallest absolute Gasteiger partial charge is 0.323 e. The van der Waals surface area contributed by atoms with Crippen molar-refractivity contribution in [2.45, 2.75) is 6.92 Å². The fourth-order valence-corrected chi connectivity index (χ4v) is 1.88. The third kappa shape index (κ3) is 2.05. The molecule has 1 N–H and O–H groups in total. The molecule has 0 fully saturated rings. The maximum atomic E-state index is 10.7. The molecule has 4 nitrogen and oxygen atoms in total. The van der Waals surface area contributed by atoms with Crippen molar-refractivity contribution in [2.24, 2.45) is 4.99 Å². The number of carboxylic acids is 1. The summed E-state index contributed by atoms with van der Waals surface area (Å²) in [5, 5.41) is 8.81. The van der Waals surface area contributed by atoms with Crippen LogP contribution in [0.25, 0.3) is 0 Å². The highest BCUT2D eigenvalue weighted by Gasteiger charge is 2.21. The molecule has 1 aliphatic heterocycles. The van der Waals surface area contributed by atoms with Crippen LogP contribution in [0, 0.1) is 6.92 Å². The Labute approximate surface area is 94.2 Å². The number of amidine groups is 1. The van der Waals surface area contributed by atoms with E-state index in [0.717, 1.165) is 17.0 Å². The maximum absolute atomic E-state index is 10.7. The predicted molar refractivity (Wildman–Crippen MR) is 61.8 cm³/mol. The Morgan fingerprint density at radius 2 is 2.25 bits per heavy atom. The van der Waals surface area contributed by atoms with Crippen LogP contribution in [0.1, 0.15) is 11.1 Å². The van der Waals surface area contributed by atoms with Gasteiger partial charge >= 0.3 is 5.97 Å². The molecule has 16 heavy (non-hydrogen) atoms. The third-order valence-electron chi connectivity index (χ3n) is 2.64. The number of hydrogen-bond donors (Lipinski definition) is 1. The van der Waals surface area contributed by atoms with E-state index in [1.165, 1.54) is 0 Å². The molecule has 84 valence electrons. The Balaban J connectivity index is 2.27. The quantitative estimate of drug-likeness (QED) is 0.827. The number of aliphatic imine (C=N–C) groups is 1. The summed E-state index contributed by atoms with van der Waals surface area (Å²) < 4.78 is 0. The van der Waals surface area contributed by atoms with Crippen molar-refractivity contribution in [3.8, 4) is 0 Å². The molecule has 1 aromatic rings. The van der Waals surface area contributed by atoms with Crippen LogP contribution in [0.2, 0.25) is 0 Å². The van der Waals surface area contributed by atoms with Crippen molar-refractivity contribution in [1.82, 2.24) is 4.90 Å². The van der Waals surface area contributed by atoms with Gasteiger partial charge < -0.3 is 10.0 Å². The normalized spacial score (nSPS) is 15.1. The molecular weight excluding hydrogens is 204 g/mol. The molecule has 0 spiro atoms. The lowest BCUT2D eigenvalue weighted by molar-refractivity contribution is -0.137. The molecular formula is C12H14N2O2. The van der Waals surface area contributed by atoms with Crippen LogP contribution in [0.4, 0.5) is 0 Å². The number of carboxylic acid groups (broad SMARTS) is 1. The molecule has 0 aromatic heterocycles. The summed E-state index contributed by atoms with van der Waals surface area (Å²) in [6, 6.07) is 7.90. The van der Waals surface area contributed by atoms with E-state index < -0.39 is 5.97 Å². The van der Waals surface area contributed by atoms with Crippen molar-refractivity contribution in [1.29, 1.82) is 0 Å². The average Bonchev–Trinajstić information content (AvgIpc) is 2.66. The minimum absolute atomic E-state index is 0.0210. The molecule has 2 rings (SSSR count). The van der Waals surface area contributed by atoms with E-state index in [9.17, 15) is 4.79 Å². The van der Waals surface area contributed by atoms with Crippen LogP contribution in [-0.4, -0.2) is 41.4 Å². The molecule has 0 unspecified atom stereocenters. The molecule has 0 bridgehead atoms. The van der Waals surface area contributed by atoms with Gasteiger partial charge in [-0.3, -0.25) is 9.79 Å². The van der Waals surface area contributed by atoms with Crippen LogP contribution in [0.3, 0.4) is 0 Å². The van der Waals surface area contributed by atoms with Crippen molar-refractivity contribution in [2.75, 3.05) is 19.6 Å². The van der Waals surface area contributed by atoms with Gasteiger partial charge in [0.15, 0.2) is 0 Å². The standard InChI is InChI=1S/C12H14N2O2/c1-9-4-2-3-5-10(9)12-13-6-7-14(12)8-11(15)16/h2-5H,6-8H2,1H3,(H,15,16). The highest BCUT2D eigenvalue weighted by atomic mass is 16.4. The third-order valence-corrected chi connectivity index (χ3v) is 2.64. The Bertz CT molecular complexity index is 440. The average molecular weight is 218 g/mol. The number of aryl methyl sites for hydroxylation is 1. The lowest BCUT2D eigenvalue weighted by atomic mass is 10.1. The van der Waals surface area contributed by atoms with Crippen LogP contribution >= 0.6 is 0 Å². The molecule has 1 aromatic carbocycles. The second-order valence-electron chi connectivity index (χ2n) is 3.84. The largest absolute Gasteiger partial charge is 0.480 e. The first-order chi connectivity index (χ1) is 7.68. The molecule has 0 amide bonds. The van der Waals surface area contributed by atoms with Gasteiger partial charge in [-0.2, -0.15) is 0 Å². The van der Waals surface area contributed by atoms with Gasteiger partial charge in [-0.05, 0) is 12.5 Å². The molecule has 0 radical (unpaired) electrons. The van der Waals surface area contributed by atoms with Crippen molar-refractivity contribution in [3.05, 3.63) is 35.4 Å². The molecule has 0 aliphatic carbocycles. The van der Waals surface area contributed by atoms with Crippen LogP contribution in [-0.2, 0) is 4.79 Å². The Morgan fingerprint density at radius 1 is 1.50 bits per heavy atom. The number of hydrogen-bond acceptors (Lipinski definition) is 3. The SMILES string of the molecule is Cc1ccccc1C1=NCCN1CC(=O)O. The zero-order valence-corrected chi connectivity index (χ0v) is 9.18. The summed E-state index contributed by atoms with van der Waals surface area (Å²) in [5.41, 5.74) is 2.15. The summed E-state index contributed by atoms with van der Waals surface area (Å²) in [5.74, 6) is -0.0105. The van der Waals surface area contributed by atoms with Gasteiger partial charge in [0, 0.05) is 12.1 Å². The van der Waals surface area contributed by atoms with Crippen molar-refractivity contribution >= 4 is 11.8 Å². The van der Waals surface area contributed by atoms with E-state index in [1.807, 2.05) is 36.1 Å². The van der Waals surface area contributed by atoms with E-state index in [4.69, 9.17) is 5.11 Å². The van der Waals surface area contributed by atoms with Crippen molar-refractivity contribution < 1.29 is 9.90 Å². The summed E-state index contributed by atoms with van der Waals surface area (Å²) in [6.07, 6.45) is 0. The second kappa shape index (κ2) is 4.35. The lowest BCUT2D eigenvalue weighted by Gasteiger charge is -2.19. The number of nitrogens with zero attached hydrogens (tertiary/aromatic N) is 2. The minimum Gasteiger partial charge on any atom is -0.480 e. The monoisotopic (exact) mass is 218 g/mol. The Hall–Kier alpha value is -1.84. The number of aliphatic carboxylic acids is 1. The Morgan fingerprint density at radius 3 is 2.94 bits per heavy atom. The maximum Gasteiger partial charge on any atom is 0.323 e. The van der Waals surface area contributed by atoms with Gasteiger partial charge in [0.2, 0.25) is 0 Å². The summed E-state index contributed by atoms with van der Waals surface area (Å²) in [7, 11) is 0. The highest BCUT2D eigenvalue weighted by Crippen LogP contribution is 2.14. The first kappa shape index (κ1) is 10.7. The van der Waals surface area contributed by atoms with E-state index >= 15 is 0 Å². The van der Waals surface area contributed by atoms with Gasteiger partial charge in [0.25, 0.3) is 0 Å². The second-order valence-corrected chi connectivity index (χ2v) is 3.84. The molecule has 1 heterocycles. The topological polar surface area (TPSA) is 52.9 Å². The molecule has 0 saturated heterocycles. The lowest BCUT2D eigenvalue weighted by Crippen LogP contribution is -2.33. The van der Waals surface area contributed by atoms with Crippen LogP contribution in [0.5, 0.6) is 0 Å². The first-order valence-corrected chi connectivity index (χ1v) is 5.25. The summed E-state index contributed by atoms with van der Waals surface area (Å²) in [6.45, 7) is 3.40. The van der Waals surface area contributed by atoms with E-state index in [-0.39, 0.29) is 6.54 Å². The zero-order chi connectivity index (χ0) is 11.5. The summed E-state index contributed by atoms with van der Waals surface area (Å²) in [4.78, 5) is 16.9. The Kier molecular flexibility index (Phi) is 2.90. The van der Waals surface area contributed by atoms with Gasteiger partial charge in [-0.15, -0.1) is 0 Å². The minimum atomic E-state index is -0.816. The fraction of sp³-hybridized carbons (Fsp3) is 0.333. The first-order valence-electron chi connectivity index (χ1n) is 5.25. The van der Waals surface area contributed by atoms with Gasteiger partial charge in [-0.1, -0.05) is 24.3 Å². The molecule has 4 heteroatoms. The molecule has 1 aliphatic rings. The van der Waals surface area contributed by atoms with Crippen LogP contribution < -0.4 is 0 Å². The van der Waals surface area contributed by atoms with Gasteiger partial charge in [0.05, 0.1) is 6.54 Å².